The number of para-hydroxylation sites is 1. The minimum Gasteiger partial charge on any atom is -0.344 e. The normalized spacial score (nSPS) is 14.2. The highest BCUT2D eigenvalue weighted by molar-refractivity contribution is 7.26. The smallest absolute Gasteiger partial charge is 0.159 e. The van der Waals surface area contributed by atoms with Gasteiger partial charge in [-0.25, -0.2) is 9.98 Å². The molecule has 1 atom stereocenters. The van der Waals surface area contributed by atoms with Crippen molar-refractivity contribution in [2.45, 2.75) is 6.17 Å². The molecule has 3 heterocycles. The lowest BCUT2D eigenvalue weighted by atomic mass is 9.95. The summed E-state index contributed by atoms with van der Waals surface area (Å²) < 4.78 is 4.90. The van der Waals surface area contributed by atoms with Crippen LogP contribution in [0.2, 0.25) is 0 Å². The largest absolute Gasteiger partial charge is 0.344 e. The Labute approximate surface area is 328 Å². The number of rotatable bonds is 6. The summed E-state index contributed by atoms with van der Waals surface area (Å²) in [6, 6.07) is 69.3. The Bertz CT molecular complexity index is 3140. The van der Waals surface area contributed by atoms with Gasteiger partial charge in [0.1, 0.15) is 12.0 Å². The summed E-state index contributed by atoms with van der Waals surface area (Å²) >= 11 is 1.83. The van der Waals surface area contributed by atoms with Crippen molar-refractivity contribution in [3.63, 3.8) is 0 Å². The first-order valence-corrected chi connectivity index (χ1v) is 19.8. The van der Waals surface area contributed by atoms with Crippen LogP contribution in [0.4, 0.5) is 0 Å². The van der Waals surface area contributed by atoms with Crippen molar-refractivity contribution in [2.75, 3.05) is 0 Å². The maximum atomic E-state index is 5.21. The molecule has 4 nitrogen and oxygen atoms in total. The third-order valence-electron chi connectivity index (χ3n) is 10.8. The molecule has 1 N–H and O–H groups in total. The number of nitrogens with zero attached hydrogens (tertiary/aromatic N) is 3. The Hall–Kier alpha value is -7.08. The van der Waals surface area contributed by atoms with Crippen LogP contribution >= 0.6 is 11.3 Å². The standard InChI is InChI=1S/C51H34N4S/c1-5-15-33(16-6-1)36-25-27-40-43-29-37(26-28-44(43)55(45(40)31-36)39-21-11-4-12-22-39)42-30-38(32-47-48(42)41-23-13-14-24-46(41)56-47)51-53-49(34-17-7-2-8-18-34)52-50(54-51)35-19-9-3-10-20-35/h1-32,49H,(H,52,53,54). The lowest BCUT2D eigenvalue weighted by Crippen LogP contribution is -2.33. The van der Waals surface area contributed by atoms with Crippen molar-refractivity contribution in [3.8, 4) is 27.9 Å². The predicted octanol–water partition coefficient (Wildman–Crippen LogP) is 13.0. The third-order valence-corrected chi connectivity index (χ3v) is 12.0. The monoisotopic (exact) mass is 734 g/mol. The summed E-state index contributed by atoms with van der Waals surface area (Å²) in [4.78, 5) is 10.3. The molecule has 0 spiro atoms. The van der Waals surface area contributed by atoms with Crippen LogP contribution in [0.3, 0.4) is 0 Å². The van der Waals surface area contributed by atoms with Gasteiger partial charge in [-0.3, -0.25) is 0 Å². The Morgan fingerprint density at radius 1 is 0.464 bits per heavy atom. The predicted molar refractivity (Wildman–Crippen MR) is 236 cm³/mol. The maximum absolute atomic E-state index is 5.21. The summed E-state index contributed by atoms with van der Waals surface area (Å²) in [5.74, 6) is 1.53. The quantitative estimate of drug-likeness (QED) is 0.182. The molecule has 1 aliphatic heterocycles. The molecule has 0 amide bonds. The van der Waals surface area contributed by atoms with Crippen LogP contribution in [0.15, 0.2) is 204 Å². The van der Waals surface area contributed by atoms with E-state index in [0.29, 0.717) is 0 Å². The molecule has 0 saturated carbocycles. The van der Waals surface area contributed by atoms with Crippen molar-refractivity contribution < 1.29 is 0 Å². The first-order chi connectivity index (χ1) is 27.7. The second-order valence-corrected chi connectivity index (χ2v) is 15.3. The van der Waals surface area contributed by atoms with E-state index in [9.17, 15) is 0 Å². The van der Waals surface area contributed by atoms with E-state index >= 15 is 0 Å². The summed E-state index contributed by atoms with van der Waals surface area (Å²) in [5.41, 5.74) is 11.4. The average molecular weight is 735 g/mol. The molecule has 1 unspecified atom stereocenters. The van der Waals surface area contributed by atoms with Crippen LogP contribution in [0, 0.1) is 0 Å². The molecule has 1 aliphatic rings. The zero-order valence-electron chi connectivity index (χ0n) is 30.3. The Kier molecular flexibility index (Phi) is 7.71. The summed E-state index contributed by atoms with van der Waals surface area (Å²) in [6.07, 6.45) is -0.276. The fourth-order valence-electron chi connectivity index (χ4n) is 8.19. The van der Waals surface area contributed by atoms with E-state index in [1.54, 1.807) is 0 Å². The van der Waals surface area contributed by atoms with Gasteiger partial charge < -0.3 is 9.88 Å². The number of hydrogen-bond donors (Lipinski definition) is 1. The minimum atomic E-state index is -0.276. The molecule has 5 heteroatoms. The second-order valence-electron chi connectivity index (χ2n) is 14.2. The van der Waals surface area contributed by atoms with Gasteiger partial charge >= 0.3 is 0 Å². The van der Waals surface area contributed by atoms with Gasteiger partial charge in [0, 0.05) is 47.8 Å². The first-order valence-electron chi connectivity index (χ1n) is 18.9. The molecule has 0 fully saturated rings. The summed E-state index contributed by atoms with van der Waals surface area (Å²) in [5, 5.41) is 8.69. The Morgan fingerprint density at radius 3 is 1.93 bits per heavy atom. The number of nitrogens with one attached hydrogen (secondary N) is 1. The molecule has 2 aromatic heterocycles. The van der Waals surface area contributed by atoms with Crippen LogP contribution in [0.1, 0.15) is 22.9 Å². The number of aliphatic imine (C=N–C) groups is 2. The van der Waals surface area contributed by atoms with Crippen molar-refractivity contribution in [2.24, 2.45) is 9.98 Å². The van der Waals surface area contributed by atoms with Gasteiger partial charge in [-0.2, -0.15) is 0 Å². The molecule has 0 bridgehead atoms. The molecular weight excluding hydrogens is 701 g/mol. The Balaban J connectivity index is 1.13. The van der Waals surface area contributed by atoms with E-state index in [-0.39, 0.29) is 6.17 Å². The van der Waals surface area contributed by atoms with Gasteiger partial charge in [-0.05, 0) is 76.3 Å². The van der Waals surface area contributed by atoms with Gasteiger partial charge in [-0.1, -0.05) is 146 Å². The fraction of sp³-hybridized carbons (Fsp3) is 0.0196. The van der Waals surface area contributed by atoms with E-state index in [1.807, 2.05) is 35.6 Å². The third kappa shape index (κ3) is 5.52. The van der Waals surface area contributed by atoms with Crippen LogP contribution < -0.4 is 5.32 Å². The van der Waals surface area contributed by atoms with E-state index in [2.05, 4.69) is 180 Å². The number of thiophene rings is 1. The number of aromatic nitrogens is 1. The topological polar surface area (TPSA) is 41.7 Å². The van der Waals surface area contributed by atoms with Gasteiger partial charge in [0.2, 0.25) is 0 Å². The van der Waals surface area contributed by atoms with Gasteiger partial charge in [0.15, 0.2) is 5.84 Å². The highest BCUT2D eigenvalue weighted by Gasteiger charge is 2.24. The number of fused-ring (bicyclic) bond motifs is 6. The zero-order valence-corrected chi connectivity index (χ0v) is 31.1. The molecule has 10 aromatic rings. The van der Waals surface area contributed by atoms with E-state index < -0.39 is 0 Å². The van der Waals surface area contributed by atoms with Gasteiger partial charge in [0.05, 0.1) is 11.0 Å². The minimum absolute atomic E-state index is 0.276. The average Bonchev–Trinajstić information content (AvgIpc) is 3.82. The molecule has 56 heavy (non-hydrogen) atoms. The van der Waals surface area contributed by atoms with Crippen molar-refractivity contribution in [3.05, 3.63) is 211 Å². The zero-order chi connectivity index (χ0) is 37.0. The molecule has 11 rings (SSSR count). The van der Waals surface area contributed by atoms with E-state index in [1.165, 1.54) is 64.2 Å². The molecule has 264 valence electrons. The molecule has 0 aliphatic carbocycles. The van der Waals surface area contributed by atoms with Crippen molar-refractivity contribution in [1.29, 1.82) is 0 Å². The molecule has 0 saturated heterocycles. The maximum Gasteiger partial charge on any atom is 0.159 e. The first kappa shape index (κ1) is 32.4. The van der Waals surface area contributed by atoms with Crippen molar-refractivity contribution in [1.82, 2.24) is 9.88 Å². The Morgan fingerprint density at radius 2 is 1.14 bits per heavy atom. The highest BCUT2D eigenvalue weighted by Crippen LogP contribution is 2.43. The van der Waals surface area contributed by atoms with E-state index in [0.717, 1.165) is 34.0 Å². The van der Waals surface area contributed by atoms with Crippen LogP contribution in [-0.4, -0.2) is 16.2 Å². The molecule has 8 aromatic carbocycles. The number of amidine groups is 2. The van der Waals surface area contributed by atoms with E-state index in [4.69, 9.17) is 9.98 Å². The van der Waals surface area contributed by atoms with Gasteiger partial charge in [0.25, 0.3) is 0 Å². The van der Waals surface area contributed by atoms with Crippen LogP contribution in [0.25, 0.3) is 69.9 Å². The lowest BCUT2D eigenvalue weighted by Gasteiger charge is -2.24. The van der Waals surface area contributed by atoms with Crippen molar-refractivity contribution >= 4 is 65.0 Å². The lowest BCUT2D eigenvalue weighted by molar-refractivity contribution is 0.674. The van der Waals surface area contributed by atoms with Crippen LogP contribution in [0.5, 0.6) is 0 Å². The second kappa shape index (κ2) is 13.3. The number of hydrogen-bond acceptors (Lipinski definition) is 4. The molecular formula is C51H34N4S. The highest BCUT2D eigenvalue weighted by atomic mass is 32.1. The summed E-state index contributed by atoms with van der Waals surface area (Å²) in [6.45, 7) is 0. The molecule has 0 radical (unpaired) electrons. The fourth-order valence-corrected chi connectivity index (χ4v) is 9.36. The van der Waals surface area contributed by atoms with Gasteiger partial charge in [-0.15, -0.1) is 11.3 Å². The number of benzene rings is 8. The summed E-state index contributed by atoms with van der Waals surface area (Å²) in [7, 11) is 0. The van der Waals surface area contributed by atoms with Crippen LogP contribution in [-0.2, 0) is 0 Å². The SMILES string of the molecule is c1ccc(C2=NC(c3ccccc3)NC(c3cc(-c4ccc5c(c4)c4ccc(-c6ccccc6)cc4n5-c4ccccc4)c4c(c3)sc3ccccc34)=N2)cc1.